The van der Waals surface area contributed by atoms with Gasteiger partial charge in [0.2, 0.25) is 0 Å². The van der Waals surface area contributed by atoms with Crippen molar-refractivity contribution in [1.29, 1.82) is 0 Å². The van der Waals surface area contributed by atoms with E-state index in [9.17, 15) is 0 Å². The lowest BCUT2D eigenvalue weighted by atomic mass is 10.1. The molecular weight excluding hydrogens is 348 g/mol. The number of aromatic nitrogens is 2. The van der Waals surface area contributed by atoms with E-state index < -0.39 is 0 Å². The predicted molar refractivity (Wildman–Crippen MR) is 90.1 cm³/mol. The molecule has 6 heteroatoms. The number of nitrogens with zero attached hydrogens (tertiary/aromatic N) is 2. The maximum atomic E-state index is 5.74. The number of rotatable bonds is 4. The Morgan fingerprint density at radius 3 is 2.86 bits per heavy atom. The molecule has 3 N–H and O–H groups in total. The van der Waals surface area contributed by atoms with E-state index in [2.05, 4.69) is 32.4 Å². The molecule has 3 aromatic rings. The third-order valence-electron chi connectivity index (χ3n) is 3.28. The van der Waals surface area contributed by atoms with Crippen molar-refractivity contribution in [3.05, 3.63) is 56.6 Å². The minimum absolute atomic E-state index is 0.0745. The fourth-order valence-electron chi connectivity index (χ4n) is 2.26. The minimum Gasteiger partial charge on any atom is -0.271 e. The lowest BCUT2D eigenvalue weighted by Gasteiger charge is -2.16. The molecule has 0 spiro atoms. The Labute approximate surface area is 135 Å². The Bertz CT molecular complexity index is 771. The quantitative estimate of drug-likeness (QED) is 0.550. The van der Waals surface area contributed by atoms with Crippen molar-refractivity contribution in [2.45, 2.75) is 19.4 Å². The molecule has 108 valence electrons. The van der Waals surface area contributed by atoms with E-state index in [0.29, 0.717) is 0 Å². The normalized spacial score (nSPS) is 12.7. The number of thiazole rings is 1. The third-order valence-corrected chi connectivity index (χ3v) is 4.91. The predicted octanol–water partition coefficient (Wildman–Crippen LogP) is 3.51. The summed E-state index contributed by atoms with van der Waals surface area (Å²) in [5.74, 6) is 5.74. The van der Waals surface area contributed by atoms with Crippen LogP contribution >= 0.6 is 27.3 Å². The highest BCUT2D eigenvalue weighted by Gasteiger charge is 2.18. The van der Waals surface area contributed by atoms with Gasteiger partial charge in [-0.2, -0.15) is 0 Å². The fourth-order valence-corrected chi connectivity index (χ4v) is 3.69. The Morgan fingerprint density at radius 1 is 1.33 bits per heavy atom. The van der Waals surface area contributed by atoms with Gasteiger partial charge in [0.05, 0.1) is 22.3 Å². The van der Waals surface area contributed by atoms with E-state index in [4.69, 9.17) is 10.8 Å². The van der Waals surface area contributed by atoms with Gasteiger partial charge in [0.25, 0.3) is 0 Å². The highest BCUT2D eigenvalue weighted by molar-refractivity contribution is 9.10. The van der Waals surface area contributed by atoms with Crippen LogP contribution in [0.25, 0.3) is 10.9 Å². The van der Waals surface area contributed by atoms with Crippen molar-refractivity contribution in [2.24, 2.45) is 5.84 Å². The number of pyridine rings is 1. The van der Waals surface area contributed by atoms with Crippen LogP contribution in [0.3, 0.4) is 0 Å². The van der Waals surface area contributed by atoms with Crippen LogP contribution < -0.4 is 11.3 Å². The van der Waals surface area contributed by atoms with Crippen LogP contribution in [0.5, 0.6) is 0 Å². The number of hydrogen-bond donors (Lipinski definition) is 2. The molecule has 0 aliphatic carbocycles. The first-order valence-electron chi connectivity index (χ1n) is 6.59. The molecule has 21 heavy (non-hydrogen) atoms. The highest BCUT2D eigenvalue weighted by atomic mass is 79.9. The molecular formula is C15H15BrN4S. The summed E-state index contributed by atoms with van der Waals surface area (Å²) in [6.07, 6.45) is 0.721. The first kappa shape index (κ1) is 14.6. The van der Waals surface area contributed by atoms with Gasteiger partial charge in [0.15, 0.2) is 0 Å². The second-order valence-corrected chi connectivity index (χ2v) is 6.65. The Morgan fingerprint density at radius 2 is 2.14 bits per heavy atom. The summed E-state index contributed by atoms with van der Waals surface area (Å²) in [6, 6.07) is 10.1. The lowest BCUT2D eigenvalue weighted by Crippen LogP contribution is -2.30. The molecule has 0 saturated carbocycles. The zero-order valence-electron chi connectivity index (χ0n) is 11.5. The van der Waals surface area contributed by atoms with Gasteiger partial charge < -0.3 is 0 Å². The number of fused-ring (bicyclic) bond motifs is 1. The molecule has 2 aromatic heterocycles. The van der Waals surface area contributed by atoms with Gasteiger partial charge >= 0.3 is 0 Å². The maximum Gasteiger partial charge on any atom is 0.0948 e. The van der Waals surface area contributed by atoms with Crippen LogP contribution in [0.4, 0.5) is 0 Å². The average Bonchev–Trinajstić information content (AvgIpc) is 2.89. The van der Waals surface area contributed by atoms with Gasteiger partial charge in [0.1, 0.15) is 0 Å². The summed E-state index contributed by atoms with van der Waals surface area (Å²) in [7, 11) is 0. The number of benzene rings is 1. The van der Waals surface area contributed by atoms with E-state index >= 15 is 0 Å². The summed E-state index contributed by atoms with van der Waals surface area (Å²) in [5, 5.41) is 4.21. The first-order valence-corrected chi connectivity index (χ1v) is 8.27. The first-order chi connectivity index (χ1) is 10.2. The molecule has 1 atom stereocenters. The number of halogens is 1. The third kappa shape index (κ3) is 3.13. The van der Waals surface area contributed by atoms with Crippen LogP contribution in [0.1, 0.15) is 22.4 Å². The molecule has 4 nitrogen and oxygen atoms in total. The summed E-state index contributed by atoms with van der Waals surface area (Å²) in [4.78, 5) is 9.23. The van der Waals surface area contributed by atoms with E-state index in [1.54, 1.807) is 11.3 Å². The Hall–Kier alpha value is -1.34. The van der Waals surface area contributed by atoms with Crippen molar-refractivity contribution in [1.82, 2.24) is 15.4 Å². The maximum absolute atomic E-state index is 5.74. The number of hydrogen-bond acceptors (Lipinski definition) is 5. The second kappa shape index (κ2) is 6.19. The highest BCUT2D eigenvalue weighted by Crippen LogP contribution is 2.28. The van der Waals surface area contributed by atoms with Gasteiger partial charge in [0, 0.05) is 27.4 Å². The molecule has 0 aliphatic heterocycles. The van der Waals surface area contributed by atoms with Crippen LogP contribution in [0, 0.1) is 6.92 Å². The van der Waals surface area contributed by atoms with E-state index in [1.807, 2.05) is 36.6 Å². The average molecular weight is 363 g/mol. The number of hydrazine groups is 1. The molecule has 0 radical (unpaired) electrons. The molecule has 1 aromatic carbocycles. The van der Waals surface area contributed by atoms with Gasteiger partial charge in [-0.25, -0.2) is 9.97 Å². The molecule has 1 unspecified atom stereocenters. The van der Waals surface area contributed by atoms with Gasteiger partial charge in [-0.3, -0.25) is 11.3 Å². The van der Waals surface area contributed by atoms with Crippen molar-refractivity contribution in [2.75, 3.05) is 0 Å². The smallest absolute Gasteiger partial charge is 0.0948 e. The zero-order chi connectivity index (χ0) is 14.8. The number of nitrogens with one attached hydrogen (secondary N) is 1. The van der Waals surface area contributed by atoms with E-state index in [-0.39, 0.29) is 6.04 Å². The van der Waals surface area contributed by atoms with E-state index in [1.165, 1.54) is 0 Å². The molecule has 0 fully saturated rings. The molecule has 0 saturated heterocycles. The molecule has 3 rings (SSSR count). The summed E-state index contributed by atoms with van der Waals surface area (Å²) in [5.41, 5.74) is 5.76. The number of aryl methyl sites for hydroxylation is 1. The van der Waals surface area contributed by atoms with Crippen LogP contribution in [0.15, 0.2) is 40.2 Å². The zero-order valence-corrected chi connectivity index (χ0v) is 13.9. The van der Waals surface area contributed by atoms with Crippen LogP contribution in [-0.2, 0) is 6.42 Å². The van der Waals surface area contributed by atoms with Gasteiger partial charge in [-0.05, 0) is 35.0 Å². The Balaban J connectivity index is 1.97. The monoisotopic (exact) mass is 362 g/mol. The van der Waals surface area contributed by atoms with Crippen molar-refractivity contribution < 1.29 is 0 Å². The van der Waals surface area contributed by atoms with Crippen LogP contribution in [-0.4, -0.2) is 9.97 Å². The number of nitrogens with two attached hydrogens (primary N) is 1. The minimum atomic E-state index is -0.0745. The van der Waals surface area contributed by atoms with Crippen LogP contribution in [0.2, 0.25) is 0 Å². The summed E-state index contributed by atoms with van der Waals surface area (Å²) >= 11 is 5.25. The second-order valence-electron chi connectivity index (χ2n) is 4.85. The van der Waals surface area contributed by atoms with Crippen molar-refractivity contribution in [3.8, 4) is 0 Å². The molecule has 2 heterocycles. The molecule has 0 aliphatic rings. The topological polar surface area (TPSA) is 63.8 Å². The summed E-state index contributed by atoms with van der Waals surface area (Å²) < 4.78 is 0.956. The fraction of sp³-hybridized carbons (Fsp3) is 0.200. The standard InChI is InChI=1S/C15H15BrN4S/c1-9-8-21-14(18-9)7-13(20-17)15-11(16)6-10-4-2-3-5-12(10)19-15/h2-6,8,13,20H,7,17H2,1H3. The van der Waals surface area contributed by atoms with E-state index in [0.717, 1.165) is 38.2 Å². The summed E-state index contributed by atoms with van der Waals surface area (Å²) in [6.45, 7) is 2.00. The molecule has 0 amide bonds. The Kier molecular flexibility index (Phi) is 4.30. The SMILES string of the molecule is Cc1csc(CC(NN)c2nc3ccccc3cc2Br)n1. The van der Waals surface area contributed by atoms with Gasteiger partial charge in [-0.1, -0.05) is 18.2 Å². The van der Waals surface area contributed by atoms with Crippen molar-refractivity contribution >= 4 is 38.2 Å². The largest absolute Gasteiger partial charge is 0.271 e. The number of para-hydroxylation sites is 1. The van der Waals surface area contributed by atoms with Gasteiger partial charge in [-0.15, -0.1) is 11.3 Å². The van der Waals surface area contributed by atoms with Crippen molar-refractivity contribution in [3.63, 3.8) is 0 Å². The lowest BCUT2D eigenvalue weighted by molar-refractivity contribution is 0.536. The molecule has 0 bridgehead atoms.